The van der Waals surface area contributed by atoms with Gasteiger partial charge in [0.25, 0.3) is 5.56 Å². The minimum atomic E-state index is -0.776. The first-order chi connectivity index (χ1) is 16.8. The summed E-state index contributed by atoms with van der Waals surface area (Å²) < 4.78 is 46.2. The van der Waals surface area contributed by atoms with E-state index in [1.807, 2.05) is 0 Å². The van der Waals surface area contributed by atoms with Crippen molar-refractivity contribution in [1.82, 2.24) is 9.55 Å². The summed E-state index contributed by atoms with van der Waals surface area (Å²) in [5.41, 5.74) is -0.0904. The topological polar surface area (TPSA) is 94.9 Å². The highest BCUT2D eigenvalue weighted by Crippen LogP contribution is 2.33. The number of fused-ring (bicyclic) bond motifs is 1. The summed E-state index contributed by atoms with van der Waals surface area (Å²) in [4.78, 5) is 32.7. The van der Waals surface area contributed by atoms with Crippen molar-refractivity contribution in [3.63, 3.8) is 0 Å². The normalized spacial score (nSPS) is 13.8. The number of methoxy groups -OCH3 is 1. The van der Waals surface area contributed by atoms with Crippen molar-refractivity contribution in [3.05, 3.63) is 57.9 Å². The van der Waals surface area contributed by atoms with E-state index in [0.717, 1.165) is 12.1 Å². The first kappa shape index (κ1) is 24.4. The van der Waals surface area contributed by atoms with Gasteiger partial charge in [0.1, 0.15) is 28.5 Å². The Morgan fingerprint density at radius 3 is 2.49 bits per heavy atom. The first-order valence-corrected chi connectivity index (χ1v) is 11.1. The maximum Gasteiger partial charge on any atom is 0.412 e. The zero-order valence-corrected chi connectivity index (χ0v) is 19.6. The molecule has 1 aliphatic heterocycles. The lowest BCUT2D eigenvalue weighted by molar-refractivity contribution is 0.122. The molecule has 9 nitrogen and oxygen atoms in total. The van der Waals surface area contributed by atoms with Gasteiger partial charge in [0.05, 0.1) is 38.5 Å². The highest BCUT2D eigenvalue weighted by Gasteiger charge is 2.27. The Morgan fingerprint density at radius 2 is 1.86 bits per heavy atom. The number of anilines is 2. The van der Waals surface area contributed by atoms with Crippen molar-refractivity contribution in [2.24, 2.45) is 0 Å². The molecule has 0 saturated carbocycles. The lowest BCUT2D eigenvalue weighted by Gasteiger charge is -2.31. The second-order valence-corrected chi connectivity index (χ2v) is 8.21. The number of hydrogen-bond donors (Lipinski definition) is 1. The summed E-state index contributed by atoms with van der Waals surface area (Å²) in [5.74, 6) is -1.32. The van der Waals surface area contributed by atoms with Gasteiger partial charge in [-0.1, -0.05) is 6.07 Å². The Balaban J connectivity index is 1.99. The molecule has 0 bridgehead atoms. The van der Waals surface area contributed by atoms with Crippen LogP contribution in [-0.4, -0.2) is 55.2 Å². The molecule has 0 unspecified atom stereocenters. The molecule has 1 aliphatic rings. The highest BCUT2D eigenvalue weighted by atomic mass is 19.1. The standard InChI is InChI=1S/C24H26F2N4O5/c1-14(2)35-24(32)28-21-20-18(7-8-19(27-20)33-3)30(13-15-16(25)5-4-6-17(15)26)23(31)22(21)29-9-11-34-12-10-29/h4-8,14H,9-13H2,1-3H3,(H,28,32). The molecule has 1 aromatic carbocycles. The van der Waals surface area contributed by atoms with Gasteiger partial charge >= 0.3 is 6.09 Å². The molecule has 1 amide bonds. The zero-order valence-electron chi connectivity index (χ0n) is 19.6. The molecule has 3 heterocycles. The van der Waals surface area contributed by atoms with E-state index in [2.05, 4.69) is 10.3 Å². The van der Waals surface area contributed by atoms with E-state index < -0.39 is 29.4 Å². The number of morpholine rings is 1. The maximum absolute atomic E-state index is 14.5. The molecule has 11 heteroatoms. The lowest BCUT2D eigenvalue weighted by Crippen LogP contribution is -2.41. The van der Waals surface area contributed by atoms with Crippen molar-refractivity contribution >= 4 is 28.5 Å². The van der Waals surface area contributed by atoms with Crippen molar-refractivity contribution in [2.75, 3.05) is 43.6 Å². The van der Waals surface area contributed by atoms with Gasteiger partial charge < -0.3 is 23.7 Å². The molecule has 0 atom stereocenters. The predicted octanol–water partition coefficient (Wildman–Crippen LogP) is 3.53. The number of hydrogen-bond acceptors (Lipinski definition) is 7. The lowest BCUT2D eigenvalue weighted by atomic mass is 10.1. The Kier molecular flexibility index (Phi) is 7.15. The summed E-state index contributed by atoms with van der Waals surface area (Å²) in [7, 11) is 1.43. The van der Waals surface area contributed by atoms with Gasteiger partial charge in [0.2, 0.25) is 5.88 Å². The molecule has 1 saturated heterocycles. The Hall–Kier alpha value is -3.73. The van der Waals surface area contributed by atoms with Gasteiger partial charge in [0, 0.05) is 24.7 Å². The van der Waals surface area contributed by atoms with Crippen molar-refractivity contribution in [2.45, 2.75) is 26.5 Å². The number of ether oxygens (including phenoxy) is 3. The van der Waals surface area contributed by atoms with Crippen LogP contribution in [0, 0.1) is 11.6 Å². The maximum atomic E-state index is 14.5. The number of benzene rings is 1. The number of halogens is 2. The van der Waals surface area contributed by atoms with E-state index in [1.165, 1.54) is 23.8 Å². The summed E-state index contributed by atoms with van der Waals surface area (Å²) in [6.45, 7) is 4.47. The number of carbonyl (C=O) groups is 1. The Morgan fingerprint density at radius 1 is 1.17 bits per heavy atom. The van der Waals surface area contributed by atoms with Crippen molar-refractivity contribution in [3.8, 4) is 5.88 Å². The molecule has 0 spiro atoms. The van der Waals surface area contributed by atoms with Crippen LogP contribution in [0.5, 0.6) is 5.88 Å². The third-order valence-electron chi connectivity index (χ3n) is 5.54. The molecule has 4 rings (SSSR count). The number of amides is 1. The molecule has 0 radical (unpaired) electrons. The van der Waals surface area contributed by atoms with Crippen molar-refractivity contribution < 1.29 is 27.8 Å². The molecule has 0 aliphatic carbocycles. The van der Waals surface area contributed by atoms with E-state index in [0.29, 0.717) is 26.3 Å². The van der Waals surface area contributed by atoms with Crippen LogP contribution in [0.1, 0.15) is 19.4 Å². The van der Waals surface area contributed by atoms with E-state index in [1.54, 1.807) is 24.8 Å². The average molecular weight is 488 g/mol. The molecule has 3 aromatic rings. The predicted molar refractivity (Wildman–Crippen MR) is 126 cm³/mol. The fraction of sp³-hybridized carbons (Fsp3) is 0.375. The monoisotopic (exact) mass is 488 g/mol. The van der Waals surface area contributed by atoms with E-state index in [4.69, 9.17) is 14.2 Å². The summed E-state index contributed by atoms with van der Waals surface area (Å²) in [6, 6.07) is 6.61. The Labute approximate surface area is 200 Å². The second-order valence-electron chi connectivity index (χ2n) is 8.21. The third kappa shape index (κ3) is 5.04. The summed E-state index contributed by atoms with van der Waals surface area (Å²) in [6.07, 6.45) is -1.17. The van der Waals surface area contributed by atoms with E-state index in [9.17, 15) is 18.4 Å². The minimum absolute atomic E-state index is 0.124. The summed E-state index contributed by atoms with van der Waals surface area (Å²) >= 11 is 0. The van der Waals surface area contributed by atoms with Crippen molar-refractivity contribution in [1.29, 1.82) is 0 Å². The second kappa shape index (κ2) is 10.3. The number of carbonyl (C=O) groups excluding carboxylic acids is 1. The van der Waals surface area contributed by atoms with E-state index in [-0.39, 0.29) is 40.4 Å². The number of nitrogens with one attached hydrogen (secondary N) is 1. The fourth-order valence-electron chi connectivity index (χ4n) is 3.95. The van der Waals surface area contributed by atoms with Crippen LogP contribution in [0.15, 0.2) is 35.1 Å². The number of aromatic nitrogens is 2. The SMILES string of the molecule is COc1ccc2c(n1)c(NC(=O)OC(C)C)c(N1CCOCC1)c(=O)n2Cc1c(F)cccc1F. The molecular formula is C24H26F2N4O5. The van der Waals surface area contributed by atoms with Gasteiger partial charge in [0.15, 0.2) is 0 Å². The average Bonchev–Trinajstić information content (AvgIpc) is 2.83. The number of rotatable bonds is 6. The molecule has 2 aromatic heterocycles. The van der Waals surface area contributed by atoms with Crippen LogP contribution in [0.25, 0.3) is 11.0 Å². The van der Waals surface area contributed by atoms with Crippen LogP contribution in [0.3, 0.4) is 0 Å². The smallest absolute Gasteiger partial charge is 0.412 e. The third-order valence-corrected chi connectivity index (χ3v) is 5.54. The molecule has 1 fully saturated rings. The molecular weight excluding hydrogens is 462 g/mol. The number of pyridine rings is 2. The zero-order chi connectivity index (χ0) is 25.1. The van der Waals surface area contributed by atoms with Crippen LogP contribution < -0.4 is 20.5 Å². The van der Waals surface area contributed by atoms with E-state index >= 15 is 0 Å². The van der Waals surface area contributed by atoms with Crippen LogP contribution >= 0.6 is 0 Å². The quantitative estimate of drug-likeness (QED) is 0.567. The van der Waals surface area contributed by atoms with Gasteiger partial charge in [-0.2, -0.15) is 0 Å². The Bertz CT molecular complexity index is 1290. The van der Waals surface area contributed by atoms with Gasteiger partial charge in [-0.05, 0) is 32.0 Å². The first-order valence-electron chi connectivity index (χ1n) is 11.1. The highest BCUT2D eigenvalue weighted by molar-refractivity contribution is 6.02. The van der Waals surface area contributed by atoms with Crippen LogP contribution in [-0.2, 0) is 16.0 Å². The van der Waals surface area contributed by atoms with Gasteiger partial charge in [-0.25, -0.2) is 18.6 Å². The fourth-order valence-corrected chi connectivity index (χ4v) is 3.95. The molecule has 1 N–H and O–H groups in total. The van der Waals surface area contributed by atoms with Gasteiger partial charge in [-0.15, -0.1) is 0 Å². The minimum Gasteiger partial charge on any atom is -0.481 e. The summed E-state index contributed by atoms with van der Waals surface area (Å²) in [5, 5.41) is 2.66. The largest absolute Gasteiger partial charge is 0.481 e. The molecule has 186 valence electrons. The number of nitrogens with zero attached hydrogens (tertiary/aromatic N) is 3. The van der Waals surface area contributed by atoms with Crippen LogP contribution in [0.4, 0.5) is 25.0 Å². The van der Waals surface area contributed by atoms with Crippen LogP contribution in [0.2, 0.25) is 0 Å². The van der Waals surface area contributed by atoms with Gasteiger partial charge in [-0.3, -0.25) is 10.1 Å². The molecule has 35 heavy (non-hydrogen) atoms.